The van der Waals surface area contributed by atoms with Gasteiger partial charge in [-0.2, -0.15) is 0 Å². The van der Waals surface area contributed by atoms with E-state index in [1.165, 1.54) is 38.5 Å². The first-order chi connectivity index (χ1) is 8.88. The van der Waals surface area contributed by atoms with Crippen LogP contribution >= 0.6 is 0 Å². The van der Waals surface area contributed by atoms with Crippen molar-refractivity contribution in [3.8, 4) is 0 Å². The van der Waals surface area contributed by atoms with E-state index in [-0.39, 0.29) is 0 Å². The molecule has 1 saturated carbocycles. The zero-order valence-corrected chi connectivity index (χ0v) is 11.5. The summed E-state index contributed by atoms with van der Waals surface area (Å²) >= 11 is 0. The van der Waals surface area contributed by atoms with Crippen molar-refractivity contribution >= 4 is 0 Å². The Hall–Kier alpha value is -0.820. The number of hydrogen-bond donors (Lipinski definition) is 1. The molecule has 18 heavy (non-hydrogen) atoms. The molecule has 2 atom stereocenters. The van der Waals surface area contributed by atoms with Crippen molar-refractivity contribution in [3.63, 3.8) is 0 Å². The number of benzene rings is 1. The van der Waals surface area contributed by atoms with Gasteiger partial charge in [0.2, 0.25) is 0 Å². The van der Waals surface area contributed by atoms with Gasteiger partial charge in [-0.15, -0.1) is 0 Å². The first kappa shape index (κ1) is 12.2. The summed E-state index contributed by atoms with van der Waals surface area (Å²) in [5, 5.41) is 3.55. The highest BCUT2D eigenvalue weighted by Gasteiger charge is 2.25. The van der Waals surface area contributed by atoms with Crippen LogP contribution in [-0.4, -0.2) is 6.54 Å². The number of hydrogen-bond acceptors (Lipinski definition) is 1. The van der Waals surface area contributed by atoms with Crippen molar-refractivity contribution < 1.29 is 0 Å². The van der Waals surface area contributed by atoms with Crippen molar-refractivity contribution in [2.75, 3.05) is 6.54 Å². The molecule has 0 spiro atoms. The maximum Gasteiger partial charge on any atom is 0.0211 e. The minimum Gasteiger partial charge on any atom is -0.312 e. The molecule has 1 aliphatic heterocycles. The van der Waals surface area contributed by atoms with E-state index in [2.05, 4.69) is 30.4 Å². The van der Waals surface area contributed by atoms with E-state index in [4.69, 9.17) is 0 Å². The summed E-state index contributed by atoms with van der Waals surface area (Å²) in [4.78, 5) is 0. The van der Waals surface area contributed by atoms with Gasteiger partial charge in [0.25, 0.3) is 0 Å². The molecule has 0 amide bonds. The molecule has 1 aromatic carbocycles. The summed E-state index contributed by atoms with van der Waals surface area (Å²) in [6.45, 7) is 4.60. The van der Waals surface area contributed by atoms with E-state index < -0.39 is 0 Å². The van der Waals surface area contributed by atoms with E-state index in [0.717, 1.165) is 24.9 Å². The fourth-order valence-electron chi connectivity index (χ4n) is 3.87. The molecule has 1 N–H and O–H groups in total. The van der Waals surface area contributed by atoms with Gasteiger partial charge in [0.1, 0.15) is 0 Å². The lowest BCUT2D eigenvalue weighted by Crippen LogP contribution is -2.26. The quantitative estimate of drug-likeness (QED) is 0.827. The predicted molar refractivity (Wildman–Crippen MR) is 76.8 cm³/mol. The lowest BCUT2D eigenvalue weighted by molar-refractivity contribution is 0.313. The van der Waals surface area contributed by atoms with Gasteiger partial charge < -0.3 is 5.32 Å². The second-order valence-corrected chi connectivity index (χ2v) is 6.05. The molecule has 0 saturated heterocycles. The van der Waals surface area contributed by atoms with Gasteiger partial charge in [-0.3, -0.25) is 0 Å². The number of nitrogens with one attached hydrogen (secondary N) is 1. The second kappa shape index (κ2) is 5.44. The highest BCUT2D eigenvalue weighted by molar-refractivity contribution is 5.39. The van der Waals surface area contributed by atoms with E-state index in [0.29, 0.717) is 0 Å². The molecule has 1 fully saturated rings. The molecular formula is C17H25N. The lowest BCUT2D eigenvalue weighted by Gasteiger charge is -2.32. The highest BCUT2D eigenvalue weighted by atomic mass is 14.9. The molecule has 2 unspecified atom stereocenters. The molecule has 1 heteroatoms. The lowest BCUT2D eigenvalue weighted by atomic mass is 9.75. The molecule has 1 nitrogen and oxygen atoms in total. The molecule has 0 bridgehead atoms. The average Bonchev–Trinajstić information content (AvgIpc) is 2.47. The van der Waals surface area contributed by atoms with Crippen molar-refractivity contribution in [1.82, 2.24) is 5.32 Å². The van der Waals surface area contributed by atoms with E-state index in [9.17, 15) is 0 Å². The van der Waals surface area contributed by atoms with Crippen LogP contribution in [0.5, 0.6) is 0 Å². The fourth-order valence-corrected chi connectivity index (χ4v) is 3.87. The van der Waals surface area contributed by atoms with Crippen LogP contribution in [0.3, 0.4) is 0 Å². The Morgan fingerprint density at radius 1 is 1.28 bits per heavy atom. The van der Waals surface area contributed by atoms with Crippen molar-refractivity contribution in [3.05, 3.63) is 34.9 Å². The van der Waals surface area contributed by atoms with Crippen molar-refractivity contribution in [1.29, 1.82) is 0 Å². The monoisotopic (exact) mass is 243 g/mol. The predicted octanol–water partition coefficient (Wildman–Crippen LogP) is 4.02. The molecule has 1 heterocycles. The van der Waals surface area contributed by atoms with Crippen molar-refractivity contribution in [2.24, 2.45) is 5.92 Å². The Morgan fingerprint density at radius 2 is 2.22 bits per heavy atom. The Kier molecular flexibility index (Phi) is 3.69. The summed E-state index contributed by atoms with van der Waals surface area (Å²) in [5.74, 6) is 1.80. The van der Waals surface area contributed by atoms with E-state index >= 15 is 0 Å². The van der Waals surface area contributed by atoms with E-state index in [1.807, 2.05) is 0 Å². The van der Waals surface area contributed by atoms with Crippen LogP contribution < -0.4 is 5.32 Å². The number of fused-ring (bicyclic) bond motifs is 1. The smallest absolute Gasteiger partial charge is 0.0211 e. The first-order valence-corrected chi connectivity index (χ1v) is 7.70. The summed E-state index contributed by atoms with van der Waals surface area (Å²) in [7, 11) is 0. The largest absolute Gasteiger partial charge is 0.312 e. The summed E-state index contributed by atoms with van der Waals surface area (Å²) < 4.78 is 0. The van der Waals surface area contributed by atoms with Crippen LogP contribution in [0.1, 0.15) is 61.6 Å². The Balaban J connectivity index is 1.87. The third-order valence-electron chi connectivity index (χ3n) is 4.98. The van der Waals surface area contributed by atoms with Crippen LogP contribution in [-0.2, 0) is 13.0 Å². The maximum absolute atomic E-state index is 3.55. The van der Waals surface area contributed by atoms with Crippen LogP contribution in [0.2, 0.25) is 0 Å². The highest BCUT2D eigenvalue weighted by Crippen LogP contribution is 2.39. The maximum atomic E-state index is 3.55. The summed E-state index contributed by atoms with van der Waals surface area (Å²) in [5.41, 5.74) is 4.90. The van der Waals surface area contributed by atoms with E-state index in [1.54, 1.807) is 16.7 Å². The third kappa shape index (κ3) is 2.33. The average molecular weight is 243 g/mol. The molecular weight excluding hydrogens is 218 g/mol. The Bertz CT molecular complexity index is 410. The molecule has 98 valence electrons. The topological polar surface area (TPSA) is 12.0 Å². The van der Waals surface area contributed by atoms with Gasteiger partial charge in [0, 0.05) is 6.54 Å². The molecule has 3 rings (SSSR count). The van der Waals surface area contributed by atoms with Gasteiger partial charge in [-0.05, 0) is 54.3 Å². The standard InChI is InChI=1S/C17H25N/c1-2-13-5-3-7-15(11-13)16-8-4-6-14-9-10-18-12-17(14)16/h4,6,8,13,15,18H,2-3,5,7,9-12H2,1H3. The molecule has 2 aliphatic rings. The Morgan fingerprint density at radius 3 is 3.11 bits per heavy atom. The van der Waals surface area contributed by atoms with Crippen LogP contribution in [0.25, 0.3) is 0 Å². The van der Waals surface area contributed by atoms with Gasteiger partial charge in [-0.25, -0.2) is 0 Å². The van der Waals surface area contributed by atoms with Gasteiger partial charge in [-0.1, -0.05) is 44.4 Å². The normalized spacial score (nSPS) is 27.8. The minimum absolute atomic E-state index is 0.832. The Labute approximate surface area is 111 Å². The molecule has 0 aromatic heterocycles. The second-order valence-electron chi connectivity index (χ2n) is 6.05. The van der Waals surface area contributed by atoms with Gasteiger partial charge in [0.15, 0.2) is 0 Å². The number of rotatable bonds is 2. The van der Waals surface area contributed by atoms with Crippen LogP contribution in [0, 0.1) is 5.92 Å². The fraction of sp³-hybridized carbons (Fsp3) is 0.647. The summed E-state index contributed by atoms with van der Waals surface area (Å²) in [6.07, 6.45) is 8.30. The van der Waals surface area contributed by atoms with Gasteiger partial charge in [0.05, 0.1) is 0 Å². The first-order valence-electron chi connectivity index (χ1n) is 7.70. The summed E-state index contributed by atoms with van der Waals surface area (Å²) in [6, 6.07) is 7.02. The zero-order chi connectivity index (χ0) is 12.4. The molecule has 1 aromatic rings. The third-order valence-corrected chi connectivity index (χ3v) is 4.98. The van der Waals surface area contributed by atoms with Gasteiger partial charge >= 0.3 is 0 Å². The van der Waals surface area contributed by atoms with Crippen molar-refractivity contribution in [2.45, 2.75) is 57.9 Å². The van der Waals surface area contributed by atoms with Crippen LogP contribution in [0.4, 0.5) is 0 Å². The molecule has 1 aliphatic carbocycles. The molecule has 0 radical (unpaired) electrons. The van der Waals surface area contributed by atoms with Crippen LogP contribution in [0.15, 0.2) is 18.2 Å². The SMILES string of the molecule is CCC1CCCC(c2cccc3c2CNCC3)C1. The zero-order valence-electron chi connectivity index (χ0n) is 11.5. The minimum atomic E-state index is 0.832.